The summed E-state index contributed by atoms with van der Waals surface area (Å²) in [6.45, 7) is 6.42. The molecule has 1 unspecified atom stereocenters. The van der Waals surface area contributed by atoms with Crippen molar-refractivity contribution in [2.24, 2.45) is 0 Å². The van der Waals surface area contributed by atoms with Gasteiger partial charge in [0.1, 0.15) is 0 Å². The molecule has 1 aliphatic carbocycles. The normalized spacial score (nSPS) is 23.3. The van der Waals surface area contributed by atoms with Crippen molar-refractivity contribution < 1.29 is 9.53 Å². The molecule has 23 heavy (non-hydrogen) atoms. The van der Waals surface area contributed by atoms with Crippen molar-refractivity contribution in [2.75, 3.05) is 32.8 Å². The van der Waals surface area contributed by atoms with Gasteiger partial charge in [-0.1, -0.05) is 25.3 Å². The maximum Gasteiger partial charge on any atom is 0.228 e. The monoisotopic (exact) mass is 336 g/mol. The topological polar surface area (TPSA) is 41.6 Å². The molecule has 1 atom stereocenters. The standard InChI is InChI=1S/C18H28N2O2S/c1-15(16-6-5-13-23-16)17(21)19-14-18(7-3-2-4-8-18)20-9-11-22-12-10-20/h5-6,13,15H,2-4,7-12,14H2,1H3,(H,19,21). The fraction of sp³-hybridized carbons (Fsp3) is 0.722. The lowest BCUT2D eigenvalue weighted by atomic mass is 9.79. The van der Waals surface area contributed by atoms with Crippen LogP contribution in [0.25, 0.3) is 0 Å². The maximum atomic E-state index is 12.6. The van der Waals surface area contributed by atoms with E-state index in [4.69, 9.17) is 4.74 Å². The number of morpholine rings is 1. The first-order valence-electron chi connectivity index (χ1n) is 8.85. The van der Waals surface area contributed by atoms with Gasteiger partial charge in [0.25, 0.3) is 0 Å². The Hall–Kier alpha value is -0.910. The van der Waals surface area contributed by atoms with Gasteiger partial charge < -0.3 is 10.1 Å². The van der Waals surface area contributed by atoms with Gasteiger partial charge in [0.15, 0.2) is 0 Å². The first-order chi connectivity index (χ1) is 11.2. The zero-order valence-corrected chi connectivity index (χ0v) is 14.9. The molecule has 0 aromatic carbocycles. The molecule has 0 spiro atoms. The summed E-state index contributed by atoms with van der Waals surface area (Å²) in [4.78, 5) is 16.3. The van der Waals surface area contributed by atoms with Crippen LogP contribution in [0.5, 0.6) is 0 Å². The molecular weight excluding hydrogens is 308 g/mol. The zero-order valence-electron chi connectivity index (χ0n) is 14.1. The van der Waals surface area contributed by atoms with Crippen LogP contribution in [0, 0.1) is 0 Å². The van der Waals surface area contributed by atoms with Crippen LogP contribution < -0.4 is 5.32 Å². The van der Waals surface area contributed by atoms with Gasteiger partial charge in [0.2, 0.25) is 5.91 Å². The summed E-state index contributed by atoms with van der Waals surface area (Å²) >= 11 is 1.66. The van der Waals surface area contributed by atoms with Crippen molar-refractivity contribution in [1.29, 1.82) is 0 Å². The molecule has 128 valence electrons. The summed E-state index contributed by atoms with van der Waals surface area (Å²) in [7, 11) is 0. The van der Waals surface area contributed by atoms with Crippen LogP contribution in [-0.4, -0.2) is 49.2 Å². The Morgan fingerprint density at radius 2 is 2.09 bits per heavy atom. The lowest BCUT2D eigenvalue weighted by Crippen LogP contribution is -2.59. The van der Waals surface area contributed by atoms with E-state index in [0.29, 0.717) is 0 Å². The fourth-order valence-electron chi connectivity index (χ4n) is 3.92. The largest absolute Gasteiger partial charge is 0.379 e. The first kappa shape index (κ1) is 16.9. The number of thiophene rings is 1. The lowest BCUT2D eigenvalue weighted by Gasteiger charge is -2.48. The van der Waals surface area contributed by atoms with Gasteiger partial charge in [-0.05, 0) is 31.2 Å². The van der Waals surface area contributed by atoms with Crippen molar-refractivity contribution in [3.8, 4) is 0 Å². The highest BCUT2D eigenvalue weighted by molar-refractivity contribution is 7.10. The second kappa shape index (κ2) is 7.77. The summed E-state index contributed by atoms with van der Waals surface area (Å²) in [5, 5.41) is 5.30. The zero-order chi connectivity index (χ0) is 16.1. The van der Waals surface area contributed by atoms with Gasteiger partial charge in [-0.3, -0.25) is 9.69 Å². The smallest absolute Gasteiger partial charge is 0.228 e. The highest BCUT2D eigenvalue weighted by Gasteiger charge is 2.39. The lowest BCUT2D eigenvalue weighted by molar-refractivity contribution is -0.123. The molecule has 1 saturated carbocycles. The third kappa shape index (κ3) is 3.95. The van der Waals surface area contributed by atoms with Crippen molar-refractivity contribution in [3.63, 3.8) is 0 Å². The number of carbonyl (C=O) groups excluding carboxylic acids is 1. The van der Waals surface area contributed by atoms with Crippen molar-refractivity contribution in [1.82, 2.24) is 10.2 Å². The van der Waals surface area contributed by atoms with E-state index < -0.39 is 0 Å². The molecule has 1 amide bonds. The summed E-state index contributed by atoms with van der Waals surface area (Å²) < 4.78 is 5.52. The van der Waals surface area contributed by atoms with E-state index in [1.165, 1.54) is 32.1 Å². The summed E-state index contributed by atoms with van der Waals surface area (Å²) in [6, 6.07) is 4.06. The molecule has 1 aromatic rings. The van der Waals surface area contributed by atoms with Crippen LogP contribution in [0.4, 0.5) is 0 Å². The number of amides is 1. The summed E-state index contributed by atoms with van der Waals surface area (Å²) in [6.07, 6.45) is 6.26. The third-order valence-electron chi connectivity index (χ3n) is 5.42. The maximum absolute atomic E-state index is 12.6. The number of rotatable bonds is 5. The minimum absolute atomic E-state index is 0.0553. The molecule has 2 aliphatic rings. The van der Waals surface area contributed by atoms with Gasteiger partial charge in [-0.15, -0.1) is 11.3 Å². The molecule has 3 rings (SSSR count). The van der Waals surface area contributed by atoms with Crippen LogP contribution in [-0.2, 0) is 9.53 Å². The molecule has 2 fully saturated rings. The second-order valence-electron chi connectivity index (χ2n) is 6.84. The van der Waals surface area contributed by atoms with Crippen LogP contribution in [0.3, 0.4) is 0 Å². The second-order valence-corrected chi connectivity index (χ2v) is 7.82. The third-order valence-corrected chi connectivity index (χ3v) is 6.48. The molecule has 1 aliphatic heterocycles. The Morgan fingerprint density at radius 1 is 1.35 bits per heavy atom. The highest BCUT2D eigenvalue weighted by atomic mass is 32.1. The van der Waals surface area contributed by atoms with Gasteiger partial charge in [-0.2, -0.15) is 0 Å². The molecule has 5 heteroatoms. The van der Waals surface area contributed by atoms with Crippen LogP contribution in [0.15, 0.2) is 17.5 Å². The first-order valence-corrected chi connectivity index (χ1v) is 9.73. The Bertz CT molecular complexity index is 491. The number of hydrogen-bond acceptors (Lipinski definition) is 4. The molecule has 1 aromatic heterocycles. The predicted molar refractivity (Wildman–Crippen MR) is 94.0 cm³/mol. The van der Waals surface area contributed by atoms with Gasteiger partial charge in [0, 0.05) is 30.1 Å². The molecule has 1 saturated heterocycles. The van der Waals surface area contributed by atoms with E-state index in [0.717, 1.165) is 37.7 Å². The van der Waals surface area contributed by atoms with Gasteiger partial charge >= 0.3 is 0 Å². The van der Waals surface area contributed by atoms with Crippen LogP contribution >= 0.6 is 11.3 Å². The minimum atomic E-state index is -0.0553. The van der Waals surface area contributed by atoms with E-state index in [1.807, 2.05) is 24.4 Å². The number of carbonyl (C=O) groups is 1. The van der Waals surface area contributed by atoms with Crippen molar-refractivity contribution >= 4 is 17.2 Å². The SMILES string of the molecule is CC(C(=O)NCC1(N2CCOCC2)CCCCC1)c1cccs1. The Kier molecular flexibility index (Phi) is 5.72. The van der Waals surface area contributed by atoms with E-state index in [9.17, 15) is 4.79 Å². The van der Waals surface area contributed by atoms with Gasteiger partial charge in [0.05, 0.1) is 19.1 Å². The average molecular weight is 337 g/mol. The molecule has 4 nitrogen and oxygen atoms in total. The minimum Gasteiger partial charge on any atom is -0.379 e. The molecule has 2 heterocycles. The Morgan fingerprint density at radius 3 is 2.74 bits per heavy atom. The fourth-order valence-corrected chi connectivity index (χ4v) is 4.71. The summed E-state index contributed by atoms with van der Waals surface area (Å²) in [5.74, 6) is 0.103. The number of hydrogen-bond donors (Lipinski definition) is 1. The number of nitrogens with one attached hydrogen (secondary N) is 1. The van der Waals surface area contributed by atoms with Crippen molar-refractivity contribution in [2.45, 2.75) is 50.5 Å². The van der Waals surface area contributed by atoms with E-state index in [-0.39, 0.29) is 17.4 Å². The Balaban J connectivity index is 1.63. The molecular formula is C18H28N2O2S. The van der Waals surface area contributed by atoms with Crippen LogP contribution in [0.1, 0.15) is 49.8 Å². The molecule has 0 bridgehead atoms. The quantitative estimate of drug-likeness (QED) is 0.899. The Labute approximate surface area is 143 Å². The van der Waals surface area contributed by atoms with E-state index >= 15 is 0 Å². The number of nitrogens with zero attached hydrogens (tertiary/aromatic N) is 1. The van der Waals surface area contributed by atoms with E-state index in [1.54, 1.807) is 11.3 Å². The molecule has 1 N–H and O–H groups in total. The van der Waals surface area contributed by atoms with Gasteiger partial charge in [-0.25, -0.2) is 0 Å². The predicted octanol–water partition coefficient (Wildman–Crippen LogP) is 3.00. The molecule has 0 radical (unpaired) electrons. The summed E-state index contributed by atoms with van der Waals surface area (Å²) in [5.41, 5.74) is 0.146. The highest BCUT2D eigenvalue weighted by Crippen LogP contribution is 2.34. The van der Waals surface area contributed by atoms with Crippen LogP contribution in [0.2, 0.25) is 0 Å². The van der Waals surface area contributed by atoms with Crippen molar-refractivity contribution in [3.05, 3.63) is 22.4 Å². The van der Waals surface area contributed by atoms with E-state index in [2.05, 4.69) is 10.2 Å². The number of ether oxygens (including phenoxy) is 1. The average Bonchev–Trinajstić information content (AvgIpc) is 3.15.